The van der Waals surface area contributed by atoms with Crippen molar-refractivity contribution < 1.29 is 19.7 Å². The maximum absolute atomic E-state index is 11.9. The van der Waals surface area contributed by atoms with Crippen molar-refractivity contribution in [3.05, 3.63) is 23.3 Å². The van der Waals surface area contributed by atoms with E-state index in [1.165, 1.54) is 26.0 Å². The summed E-state index contributed by atoms with van der Waals surface area (Å²) in [5.41, 5.74) is -0.293. The van der Waals surface area contributed by atoms with Crippen LogP contribution in [0.2, 0.25) is 0 Å². The minimum Gasteiger partial charge on any atom is -0.508 e. The number of carbonyl (C=O) groups excluding carboxylic acids is 1. The topological polar surface area (TPSA) is 66.8 Å². The molecule has 0 unspecified atom stereocenters. The third kappa shape index (κ3) is 1.46. The lowest BCUT2D eigenvalue weighted by Gasteiger charge is -2.23. The molecule has 1 aliphatic heterocycles. The van der Waals surface area contributed by atoms with Gasteiger partial charge in [0.25, 0.3) is 0 Å². The van der Waals surface area contributed by atoms with E-state index in [-0.39, 0.29) is 11.5 Å². The summed E-state index contributed by atoms with van der Waals surface area (Å²) in [5, 5.41) is 19.3. The minimum absolute atomic E-state index is 0.0861. The monoisotopic (exact) mass is 222 g/mol. The van der Waals surface area contributed by atoms with Crippen molar-refractivity contribution in [2.24, 2.45) is 0 Å². The highest BCUT2D eigenvalue weighted by Gasteiger charge is 2.43. The highest BCUT2D eigenvalue weighted by atomic mass is 16.5. The van der Waals surface area contributed by atoms with Gasteiger partial charge in [0.2, 0.25) is 5.78 Å². The Balaban J connectivity index is 2.50. The van der Waals surface area contributed by atoms with Gasteiger partial charge in [-0.15, -0.1) is 0 Å². The first kappa shape index (κ1) is 11.0. The van der Waals surface area contributed by atoms with Gasteiger partial charge in [-0.25, -0.2) is 0 Å². The van der Waals surface area contributed by atoms with Gasteiger partial charge in [-0.3, -0.25) is 4.79 Å². The highest BCUT2D eigenvalue weighted by molar-refractivity contribution is 6.05. The first-order valence-electron chi connectivity index (χ1n) is 5.08. The zero-order valence-corrected chi connectivity index (χ0v) is 9.44. The molecule has 1 aliphatic rings. The Kier molecular flexibility index (Phi) is 2.20. The van der Waals surface area contributed by atoms with Gasteiger partial charge in [-0.2, -0.15) is 0 Å². The number of rotatable bonds is 1. The van der Waals surface area contributed by atoms with E-state index < -0.39 is 11.7 Å². The summed E-state index contributed by atoms with van der Waals surface area (Å²) in [6, 6.07) is 2.98. The van der Waals surface area contributed by atoms with E-state index in [1.54, 1.807) is 6.92 Å². The van der Waals surface area contributed by atoms with Gasteiger partial charge in [-0.1, -0.05) is 0 Å². The molecule has 0 spiro atoms. The molecule has 2 N–H and O–H groups in total. The summed E-state index contributed by atoms with van der Waals surface area (Å²) in [5.74, 6) is 0.214. The molecule has 1 heterocycles. The minimum atomic E-state index is -1.24. The first-order chi connectivity index (χ1) is 7.32. The van der Waals surface area contributed by atoms with Crippen LogP contribution in [0.4, 0.5) is 0 Å². The van der Waals surface area contributed by atoms with Crippen LogP contribution in [-0.2, 0) is 0 Å². The van der Waals surface area contributed by atoms with Crippen molar-refractivity contribution in [3.63, 3.8) is 0 Å². The fourth-order valence-electron chi connectivity index (χ4n) is 1.80. The largest absolute Gasteiger partial charge is 0.508 e. The lowest BCUT2D eigenvalue weighted by atomic mass is 9.95. The normalized spacial score (nSPS) is 19.5. The molecule has 0 saturated carbocycles. The number of hydrogen-bond acceptors (Lipinski definition) is 4. The number of fused-ring (bicyclic) bond motifs is 1. The number of Topliss-reactive ketones (excluding diaryl/α,β-unsaturated/α-hetero) is 1. The van der Waals surface area contributed by atoms with Gasteiger partial charge in [0.1, 0.15) is 17.1 Å². The van der Waals surface area contributed by atoms with Crippen molar-refractivity contribution in [2.45, 2.75) is 32.5 Å². The number of hydrogen-bond donors (Lipinski definition) is 2. The molecule has 86 valence electrons. The van der Waals surface area contributed by atoms with Crippen LogP contribution in [0.5, 0.6) is 11.5 Å². The third-order valence-electron chi connectivity index (χ3n) is 2.76. The second-order valence-electron chi connectivity index (χ2n) is 4.60. The molecule has 4 heteroatoms. The molecule has 1 aromatic rings. The van der Waals surface area contributed by atoms with Crippen molar-refractivity contribution in [3.8, 4) is 11.5 Å². The molecule has 1 atom stereocenters. The van der Waals surface area contributed by atoms with Gasteiger partial charge in [-0.05, 0) is 32.9 Å². The van der Waals surface area contributed by atoms with Crippen molar-refractivity contribution >= 4 is 5.78 Å². The number of aromatic hydroxyl groups is 1. The first-order valence-corrected chi connectivity index (χ1v) is 5.08. The van der Waals surface area contributed by atoms with Gasteiger partial charge in [0.15, 0.2) is 6.10 Å². The Morgan fingerprint density at radius 1 is 1.38 bits per heavy atom. The summed E-state index contributed by atoms with van der Waals surface area (Å²) in [6.45, 7) is 4.72. The fraction of sp³-hybridized carbons (Fsp3) is 0.417. The molecule has 0 fully saturated rings. The van der Waals surface area contributed by atoms with Gasteiger partial charge in [0, 0.05) is 5.56 Å². The summed E-state index contributed by atoms with van der Waals surface area (Å²) in [6.07, 6.45) is -0.900. The fourth-order valence-corrected chi connectivity index (χ4v) is 1.80. The second-order valence-corrected chi connectivity index (χ2v) is 4.60. The predicted molar refractivity (Wildman–Crippen MR) is 57.9 cm³/mol. The summed E-state index contributed by atoms with van der Waals surface area (Å²) >= 11 is 0. The van der Waals surface area contributed by atoms with Gasteiger partial charge >= 0.3 is 0 Å². The Labute approximate surface area is 93.5 Å². The van der Waals surface area contributed by atoms with E-state index in [2.05, 4.69) is 0 Å². The van der Waals surface area contributed by atoms with E-state index in [4.69, 9.17) is 4.74 Å². The van der Waals surface area contributed by atoms with Crippen molar-refractivity contribution in [1.29, 1.82) is 0 Å². The van der Waals surface area contributed by atoms with Crippen LogP contribution in [0.25, 0.3) is 0 Å². The van der Waals surface area contributed by atoms with Crippen LogP contribution in [0, 0.1) is 6.92 Å². The average molecular weight is 222 g/mol. The number of carbonyl (C=O) groups is 1. The van der Waals surface area contributed by atoms with Crippen LogP contribution in [0.1, 0.15) is 29.8 Å². The molecule has 0 saturated heterocycles. The number of benzene rings is 1. The molecule has 0 bridgehead atoms. The number of aliphatic hydroxyl groups is 1. The Bertz CT molecular complexity index is 457. The molecular formula is C12H14O4. The molecular weight excluding hydrogens is 208 g/mol. The molecule has 0 radical (unpaired) electrons. The third-order valence-corrected chi connectivity index (χ3v) is 2.76. The van der Waals surface area contributed by atoms with Crippen molar-refractivity contribution in [2.75, 3.05) is 0 Å². The smallest absolute Gasteiger partial charge is 0.210 e. The Morgan fingerprint density at radius 2 is 2.00 bits per heavy atom. The van der Waals surface area contributed by atoms with E-state index in [0.29, 0.717) is 16.9 Å². The number of ether oxygens (including phenoxy) is 1. The number of phenols is 1. The number of ketones is 1. The maximum Gasteiger partial charge on any atom is 0.210 e. The van der Waals surface area contributed by atoms with E-state index in [1.807, 2.05) is 0 Å². The van der Waals surface area contributed by atoms with Crippen molar-refractivity contribution in [1.82, 2.24) is 0 Å². The van der Waals surface area contributed by atoms with Gasteiger partial charge in [0.05, 0.1) is 5.56 Å². The zero-order chi connectivity index (χ0) is 12.1. The van der Waals surface area contributed by atoms with E-state index >= 15 is 0 Å². The molecule has 0 aromatic heterocycles. The van der Waals surface area contributed by atoms with Crippen LogP contribution < -0.4 is 4.74 Å². The zero-order valence-electron chi connectivity index (χ0n) is 9.44. The van der Waals surface area contributed by atoms with Crippen LogP contribution in [0.3, 0.4) is 0 Å². The van der Waals surface area contributed by atoms with E-state index in [0.717, 1.165) is 0 Å². The quantitative estimate of drug-likeness (QED) is 0.754. The maximum atomic E-state index is 11.9. The van der Waals surface area contributed by atoms with Crippen LogP contribution in [-0.4, -0.2) is 27.7 Å². The molecule has 2 rings (SSSR count). The SMILES string of the molecule is Cc1c(O)ccc2c1O[C@@H](C(C)(C)O)C2=O. The molecule has 0 amide bonds. The Hall–Kier alpha value is -1.55. The van der Waals surface area contributed by atoms with Gasteiger partial charge < -0.3 is 14.9 Å². The molecule has 16 heavy (non-hydrogen) atoms. The summed E-state index contributed by atoms with van der Waals surface area (Å²) < 4.78 is 5.44. The highest BCUT2D eigenvalue weighted by Crippen LogP contribution is 2.39. The summed E-state index contributed by atoms with van der Waals surface area (Å²) in [7, 11) is 0. The van der Waals surface area contributed by atoms with Crippen LogP contribution in [0.15, 0.2) is 12.1 Å². The molecule has 4 nitrogen and oxygen atoms in total. The number of phenolic OH excluding ortho intramolecular Hbond substituents is 1. The standard InChI is InChI=1S/C12H14O4/c1-6-8(13)5-4-7-9(14)11(12(2,3)15)16-10(6)7/h4-5,11,13,15H,1-3H3/t11-/m1/s1. The second kappa shape index (κ2) is 3.22. The molecule has 0 aliphatic carbocycles. The average Bonchev–Trinajstić information content (AvgIpc) is 2.50. The molecule has 1 aromatic carbocycles. The Morgan fingerprint density at radius 3 is 2.56 bits per heavy atom. The summed E-state index contributed by atoms with van der Waals surface area (Å²) in [4.78, 5) is 11.9. The lowest BCUT2D eigenvalue weighted by Crippen LogP contribution is -2.43. The van der Waals surface area contributed by atoms with E-state index in [9.17, 15) is 15.0 Å². The lowest BCUT2D eigenvalue weighted by molar-refractivity contribution is -0.0141. The predicted octanol–water partition coefficient (Wildman–Crippen LogP) is 1.42. The van der Waals surface area contributed by atoms with Crippen LogP contribution >= 0.6 is 0 Å².